The van der Waals surface area contributed by atoms with Crippen LogP contribution in [0.5, 0.6) is 5.75 Å². The highest BCUT2D eigenvalue weighted by Crippen LogP contribution is 2.27. The van der Waals surface area contributed by atoms with Gasteiger partial charge in [-0.3, -0.25) is 19.6 Å². The number of carbonyl (C=O) groups is 2. The summed E-state index contributed by atoms with van der Waals surface area (Å²) in [5.74, 6) is -2.88. The van der Waals surface area contributed by atoms with E-state index in [1.54, 1.807) is 0 Å². The van der Waals surface area contributed by atoms with Crippen molar-refractivity contribution in [2.24, 2.45) is 0 Å². The number of amides is 1. The smallest absolute Gasteiger partial charge is 0.311 e. The van der Waals surface area contributed by atoms with Crippen molar-refractivity contribution in [2.75, 3.05) is 11.9 Å². The lowest BCUT2D eigenvalue weighted by Crippen LogP contribution is -2.22. The van der Waals surface area contributed by atoms with Gasteiger partial charge < -0.3 is 20.0 Å². The zero-order chi connectivity index (χ0) is 19.1. The van der Waals surface area contributed by atoms with Crippen LogP contribution >= 0.6 is 0 Å². The van der Waals surface area contributed by atoms with Gasteiger partial charge in [0.25, 0.3) is 5.91 Å². The second-order valence-electron chi connectivity index (χ2n) is 5.17. The first kappa shape index (κ1) is 18.8. The first-order valence-corrected chi connectivity index (χ1v) is 7.44. The van der Waals surface area contributed by atoms with Crippen molar-refractivity contribution >= 4 is 23.3 Å². The molecule has 0 aliphatic rings. The zero-order valence-corrected chi connectivity index (χ0v) is 13.4. The van der Waals surface area contributed by atoms with E-state index < -0.39 is 34.9 Å². The summed E-state index contributed by atoms with van der Waals surface area (Å²) >= 11 is 0. The third kappa shape index (κ3) is 5.54. The van der Waals surface area contributed by atoms with Crippen LogP contribution in [-0.4, -0.2) is 33.2 Å². The van der Waals surface area contributed by atoms with Gasteiger partial charge in [0.2, 0.25) is 5.75 Å². The van der Waals surface area contributed by atoms with E-state index in [9.17, 15) is 29.2 Å². The van der Waals surface area contributed by atoms with Crippen LogP contribution in [0.25, 0.3) is 0 Å². The second-order valence-corrected chi connectivity index (χ2v) is 5.17. The number of carboxylic acids is 1. The number of anilines is 1. The molecule has 2 aromatic rings. The zero-order valence-electron chi connectivity index (χ0n) is 13.4. The second kappa shape index (κ2) is 8.55. The third-order valence-corrected chi connectivity index (χ3v) is 3.16. The summed E-state index contributed by atoms with van der Waals surface area (Å²) in [6, 6.07) is 2.68. The molecule has 0 atom stereocenters. The monoisotopic (exact) mass is 365 g/mol. The number of hydrogen-bond donors (Lipinski definition) is 1. The number of benzene rings is 1. The number of aromatic nitrogens is 2. The van der Waals surface area contributed by atoms with Crippen molar-refractivity contribution in [1.82, 2.24) is 9.78 Å². The summed E-state index contributed by atoms with van der Waals surface area (Å²) in [6.45, 7) is -0.240. The Morgan fingerprint density at radius 1 is 1.38 bits per heavy atom. The van der Waals surface area contributed by atoms with Crippen LogP contribution in [0.4, 0.5) is 15.8 Å². The van der Waals surface area contributed by atoms with Gasteiger partial charge in [-0.05, 0) is 18.9 Å². The first-order valence-electron chi connectivity index (χ1n) is 7.44. The van der Waals surface area contributed by atoms with Gasteiger partial charge in [-0.2, -0.15) is 5.10 Å². The summed E-state index contributed by atoms with van der Waals surface area (Å²) in [5.41, 5.74) is -0.124. The molecule has 138 valence electrons. The molecule has 0 aliphatic heterocycles. The minimum atomic E-state index is -1.16. The molecule has 10 nitrogen and oxygen atoms in total. The van der Waals surface area contributed by atoms with Gasteiger partial charge in [0, 0.05) is 30.8 Å². The van der Waals surface area contributed by atoms with E-state index in [0.717, 1.165) is 18.2 Å². The van der Waals surface area contributed by atoms with Crippen LogP contribution in [0, 0.1) is 15.9 Å². The van der Waals surface area contributed by atoms with Gasteiger partial charge in [0.1, 0.15) is 5.82 Å². The van der Waals surface area contributed by atoms with Gasteiger partial charge in [-0.1, -0.05) is 0 Å². The lowest BCUT2D eigenvalue weighted by molar-refractivity contribution is -0.385. The fourth-order valence-corrected chi connectivity index (χ4v) is 2.03. The van der Waals surface area contributed by atoms with E-state index in [4.69, 9.17) is 4.74 Å². The van der Waals surface area contributed by atoms with Crippen LogP contribution in [0.1, 0.15) is 12.8 Å². The van der Waals surface area contributed by atoms with E-state index in [2.05, 4.69) is 10.4 Å². The number of rotatable bonds is 9. The summed E-state index contributed by atoms with van der Waals surface area (Å²) in [7, 11) is 0. The predicted molar refractivity (Wildman–Crippen MR) is 83.6 cm³/mol. The van der Waals surface area contributed by atoms with Crippen LogP contribution in [-0.2, 0) is 16.1 Å². The topological polar surface area (TPSA) is 139 Å². The average molecular weight is 365 g/mol. The fraction of sp³-hybridized carbons (Fsp3) is 0.267. The number of nitrogens with zero attached hydrogens (tertiary/aromatic N) is 3. The maximum absolute atomic E-state index is 13.2. The molecular formula is C15H14FN4O6-. The molecule has 0 bridgehead atoms. The van der Waals surface area contributed by atoms with E-state index in [0.29, 0.717) is 18.7 Å². The number of aryl methyl sites for hydroxylation is 1. The predicted octanol–water partition coefficient (Wildman–Crippen LogP) is 0.478. The molecule has 1 aromatic heterocycles. The standard InChI is InChI=1S/C15H15FN4O6/c16-10-3-4-12(20(24)25)13(6-10)26-9-14(21)18-11-7-17-19(8-11)5-1-2-15(22)23/h3-4,6-8H,1-2,5,9H2,(H,18,21)(H,22,23)/p-1. The molecule has 0 unspecified atom stereocenters. The highest BCUT2D eigenvalue weighted by molar-refractivity contribution is 5.91. The van der Waals surface area contributed by atoms with Gasteiger partial charge in [0.15, 0.2) is 6.61 Å². The molecule has 0 saturated carbocycles. The molecule has 0 aliphatic carbocycles. The highest BCUT2D eigenvalue weighted by atomic mass is 19.1. The number of ether oxygens (including phenoxy) is 1. The molecule has 1 aromatic carbocycles. The molecule has 0 fully saturated rings. The minimum absolute atomic E-state index is 0.109. The number of aliphatic carboxylic acids is 1. The summed E-state index contributed by atoms with van der Waals surface area (Å²) in [5, 5.41) is 27.6. The Kier molecular flexibility index (Phi) is 6.20. The van der Waals surface area contributed by atoms with Crippen LogP contribution in [0.3, 0.4) is 0 Å². The lowest BCUT2D eigenvalue weighted by atomic mass is 10.3. The third-order valence-electron chi connectivity index (χ3n) is 3.16. The van der Waals surface area contributed by atoms with Crippen LogP contribution < -0.4 is 15.2 Å². The van der Waals surface area contributed by atoms with Crippen molar-refractivity contribution in [1.29, 1.82) is 0 Å². The molecule has 0 spiro atoms. The maximum atomic E-state index is 13.2. The normalized spacial score (nSPS) is 10.3. The Morgan fingerprint density at radius 2 is 2.15 bits per heavy atom. The molecule has 2 rings (SSSR count). The van der Waals surface area contributed by atoms with E-state index in [-0.39, 0.29) is 12.2 Å². The molecule has 26 heavy (non-hydrogen) atoms. The number of carbonyl (C=O) groups excluding carboxylic acids is 2. The molecule has 0 radical (unpaired) electrons. The average Bonchev–Trinajstić information content (AvgIpc) is 2.99. The Bertz CT molecular complexity index is 822. The van der Waals surface area contributed by atoms with Crippen molar-refractivity contribution in [2.45, 2.75) is 19.4 Å². The SMILES string of the molecule is O=C([O-])CCCn1cc(NC(=O)COc2cc(F)ccc2[N+](=O)[O-])cn1. The number of carboxylic acid groups (broad SMARTS) is 1. The quantitative estimate of drug-likeness (QED) is 0.503. The Labute approximate surface area is 146 Å². The van der Waals surface area contributed by atoms with Crippen LogP contribution in [0.15, 0.2) is 30.6 Å². The molecule has 1 N–H and O–H groups in total. The van der Waals surface area contributed by atoms with E-state index in [1.165, 1.54) is 17.1 Å². The maximum Gasteiger partial charge on any atom is 0.311 e. The number of nitrogens with one attached hydrogen (secondary N) is 1. The van der Waals surface area contributed by atoms with Crippen molar-refractivity contribution < 1.29 is 28.7 Å². The van der Waals surface area contributed by atoms with Gasteiger partial charge >= 0.3 is 5.69 Å². The summed E-state index contributed by atoms with van der Waals surface area (Å²) in [6.07, 6.45) is 3.05. The van der Waals surface area contributed by atoms with Gasteiger partial charge in [-0.15, -0.1) is 0 Å². The van der Waals surface area contributed by atoms with Crippen molar-refractivity contribution in [3.8, 4) is 5.75 Å². The fourth-order valence-electron chi connectivity index (χ4n) is 2.03. The van der Waals surface area contributed by atoms with Gasteiger partial charge in [-0.25, -0.2) is 4.39 Å². The number of hydrogen-bond acceptors (Lipinski definition) is 7. The molecule has 0 saturated heterocycles. The van der Waals surface area contributed by atoms with Gasteiger partial charge in [0.05, 0.1) is 16.8 Å². The molecule has 1 heterocycles. The number of halogens is 1. The summed E-state index contributed by atoms with van der Waals surface area (Å²) < 4.78 is 19.6. The summed E-state index contributed by atoms with van der Waals surface area (Å²) in [4.78, 5) is 32.3. The minimum Gasteiger partial charge on any atom is -0.550 e. The highest BCUT2D eigenvalue weighted by Gasteiger charge is 2.17. The Hall–Kier alpha value is -3.50. The number of nitro groups is 1. The largest absolute Gasteiger partial charge is 0.550 e. The lowest BCUT2D eigenvalue weighted by Gasteiger charge is -2.07. The van der Waals surface area contributed by atoms with Crippen molar-refractivity contribution in [3.63, 3.8) is 0 Å². The van der Waals surface area contributed by atoms with E-state index in [1.807, 2.05) is 0 Å². The van der Waals surface area contributed by atoms with Crippen LogP contribution in [0.2, 0.25) is 0 Å². The first-order chi connectivity index (χ1) is 12.3. The Morgan fingerprint density at radius 3 is 2.85 bits per heavy atom. The Balaban J connectivity index is 1.88. The molecule has 1 amide bonds. The molecule has 11 heteroatoms. The molecular weight excluding hydrogens is 351 g/mol. The number of nitro benzene ring substituents is 1. The van der Waals surface area contributed by atoms with E-state index >= 15 is 0 Å². The van der Waals surface area contributed by atoms with Crippen molar-refractivity contribution in [3.05, 3.63) is 46.5 Å².